The van der Waals surface area contributed by atoms with Crippen LogP contribution in [-0.4, -0.2) is 32.2 Å². The van der Waals surface area contributed by atoms with Crippen molar-refractivity contribution < 1.29 is 4.74 Å². The largest absolute Gasteiger partial charge is 0.492 e. The smallest absolute Gasteiger partial charge is 0.191 e. The lowest BCUT2D eigenvalue weighted by atomic mass is 10.1. The van der Waals surface area contributed by atoms with Crippen molar-refractivity contribution in [2.24, 2.45) is 4.99 Å². The maximum Gasteiger partial charge on any atom is 0.191 e. The van der Waals surface area contributed by atoms with Crippen molar-refractivity contribution in [3.8, 4) is 5.75 Å². The molecule has 0 aliphatic rings. The molecule has 0 heterocycles. The lowest BCUT2D eigenvalue weighted by molar-refractivity contribution is 0.328. The van der Waals surface area contributed by atoms with Crippen LogP contribution in [0, 0.1) is 13.8 Å². The predicted octanol–water partition coefficient (Wildman–Crippen LogP) is 3.04. The van der Waals surface area contributed by atoms with Gasteiger partial charge in [0.05, 0.1) is 6.54 Å². The first-order valence-corrected chi connectivity index (χ1v) is 7.00. The molecular weight excluding hydrogens is 377 g/mol. The molecule has 1 aromatic carbocycles. The van der Waals surface area contributed by atoms with E-state index in [1.165, 1.54) is 11.1 Å². The maximum atomic E-state index is 5.72. The van der Waals surface area contributed by atoms with E-state index in [0.29, 0.717) is 19.7 Å². The molecule has 0 radical (unpaired) electrons. The van der Waals surface area contributed by atoms with Crippen molar-refractivity contribution in [2.75, 3.05) is 26.2 Å². The summed E-state index contributed by atoms with van der Waals surface area (Å²) in [5.74, 6) is 1.69. The Morgan fingerprint density at radius 1 is 1.24 bits per heavy atom. The minimum Gasteiger partial charge on any atom is -0.492 e. The number of ether oxygens (including phenoxy) is 1. The maximum absolute atomic E-state index is 5.72. The fourth-order valence-corrected chi connectivity index (χ4v) is 1.85. The van der Waals surface area contributed by atoms with E-state index in [2.05, 4.69) is 42.1 Å². The third kappa shape index (κ3) is 8.60. The number of nitrogens with zero attached hydrogens (tertiary/aromatic N) is 1. The lowest BCUT2D eigenvalue weighted by Gasteiger charge is -2.10. The Hall–Kier alpha value is -1.24. The van der Waals surface area contributed by atoms with Gasteiger partial charge in [-0.15, -0.1) is 30.6 Å². The summed E-state index contributed by atoms with van der Waals surface area (Å²) < 4.78 is 5.72. The molecule has 0 saturated carbocycles. The summed E-state index contributed by atoms with van der Waals surface area (Å²) in [7, 11) is 0. The Balaban J connectivity index is 0.00000400. The molecule has 0 aliphatic heterocycles. The Morgan fingerprint density at radius 2 is 1.90 bits per heavy atom. The number of guanidine groups is 1. The van der Waals surface area contributed by atoms with E-state index in [9.17, 15) is 0 Å². The minimum absolute atomic E-state index is 0. The second-order valence-electron chi connectivity index (χ2n) is 4.60. The van der Waals surface area contributed by atoms with E-state index in [4.69, 9.17) is 4.74 Å². The van der Waals surface area contributed by atoms with Crippen molar-refractivity contribution in [3.63, 3.8) is 0 Å². The third-order valence-electron chi connectivity index (χ3n) is 2.58. The molecule has 4 nitrogen and oxygen atoms in total. The summed E-state index contributed by atoms with van der Waals surface area (Å²) in [5.41, 5.74) is 2.42. The van der Waals surface area contributed by atoms with Gasteiger partial charge in [0, 0.05) is 13.1 Å². The fourth-order valence-electron chi connectivity index (χ4n) is 1.85. The molecule has 1 aromatic rings. The van der Waals surface area contributed by atoms with Crippen LogP contribution in [0.1, 0.15) is 18.1 Å². The molecule has 118 valence electrons. The molecule has 0 fully saturated rings. The van der Waals surface area contributed by atoms with Crippen LogP contribution in [0.3, 0.4) is 0 Å². The first kappa shape index (κ1) is 19.8. The van der Waals surface area contributed by atoms with Gasteiger partial charge in [-0.3, -0.25) is 0 Å². The van der Waals surface area contributed by atoms with Gasteiger partial charge in [0.25, 0.3) is 0 Å². The highest BCUT2D eigenvalue weighted by atomic mass is 127. The molecule has 0 aliphatic carbocycles. The van der Waals surface area contributed by atoms with Crippen LogP contribution in [0.5, 0.6) is 5.75 Å². The number of hydrogen-bond acceptors (Lipinski definition) is 2. The van der Waals surface area contributed by atoms with Gasteiger partial charge in [-0.25, -0.2) is 4.99 Å². The number of benzene rings is 1. The summed E-state index contributed by atoms with van der Waals surface area (Å²) in [4.78, 5) is 4.43. The number of aliphatic imine (C=N–C) groups is 1. The van der Waals surface area contributed by atoms with Crippen molar-refractivity contribution in [3.05, 3.63) is 42.0 Å². The summed E-state index contributed by atoms with van der Waals surface area (Å²) in [6.07, 6.45) is 1.80. The normalized spacial score (nSPS) is 10.5. The molecule has 21 heavy (non-hydrogen) atoms. The fraction of sp³-hybridized carbons (Fsp3) is 0.438. The summed E-state index contributed by atoms with van der Waals surface area (Å²) in [5, 5.41) is 6.32. The van der Waals surface area contributed by atoms with E-state index >= 15 is 0 Å². The van der Waals surface area contributed by atoms with Crippen LogP contribution >= 0.6 is 24.0 Å². The zero-order chi connectivity index (χ0) is 14.8. The zero-order valence-corrected chi connectivity index (χ0v) is 15.4. The van der Waals surface area contributed by atoms with Gasteiger partial charge in [-0.05, 0) is 44.0 Å². The number of nitrogens with one attached hydrogen (secondary N) is 2. The van der Waals surface area contributed by atoms with Crippen molar-refractivity contribution in [2.45, 2.75) is 20.8 Å². The topological polar surface area (TPSA) is 45.7 Å². The molecule has 2 N–H and O–H groups in total. The van der Waals surface area contributed by atoms with Gasteiger partial charge in [-0.2, -0.15) is 0 Å². The first-order chi connectivity index (χ1) is 9.65. The summed E-state index contributed by atoms with van der Waals surface area (Å²) in [6.45, 7) is 12.6. The van der Waals surface area contributed by atoms with E-state index in [1.807, 2.05) is 19.1 Å². The minimum atomic E-state index is 0. The van der Waals surface area contributed by atoms with Gasteiger partial charge >= 0.3 is 0 Å². The van der Waals surface area contributed by atoms with Gasteiger partial charge < -0.3 is 15.4 Å². The van der Waals surface area contributed by atoms with E-state index in [-0.39, 0.29) is 24.0 Å². The third-order valence-corrected chi connectivity index (χ3v) is 2.58. The highest BCUT2D eigenvalue weighted by Crippen LogP contribution is 2.15. The van der Waals surface area contributed by atoms with Gasteiger partial charge in [0.1, 0.15) is 12.4 Å². The second kappa shape index (κ2) is 11.4. The first-order valence-electron chi connectivity index (χ1n) is 7.00. The Labute approximate surface area is 145 Å². The Morgan fingerprint density at radius 3 is 2.48 bits per heavy atom. The van der Waals surface area contributed by atoms with Crippen molar-refractivity contribution in [1.29, 1.82) is 0 Å². The number of aryl methyl sites for hydroxylation is 2. The van der Waals surface area contributed by atoms with Crippen molar-refractivity contribution >= 4 is 29.9 Å². The highest BCUT2D eigenvalue weighted by molar-refractivity contribution is 14.0. The number of hydrogen-bond donors (Lipinski definition) is 2. The quantitative estimate of drug-likeness (QED) is 0.242. The standard InChI is InChI=1S/C16H25N3O.HI/c1-5-7-18-16(17-6-2)19-8-9-20-15-11-13(3)10-14(4)12-15;/h5,10-12H,1,6-9H2,2-4H3,(H2,17,18,19);1H. The van der Waals surface area contributed by atoms with E-state index in [1.54, 1.807) is 6.08 Å². The molecule has 1 rings (SSSR count). The van der Waals surface area contributed by atoms with Crippen LogP contribution in [0.15, 0.2) is 35.8 Å². The van der Waals surface area contributed by atoms with E-state index < -0.39 is 0 Å². The monoisotopic (exact) mass is 403 g/mol. The van der Waals surface area contributed by atoms with E-state index in [0.717, 1.165) is 18.3 Å². The van der Waals surface area contributed by atoms with Crippen LogP contribution in [-0.2, 0) is 0 Å². The molecule has 0 spiro atoms. The molecule has 0 aromatic heterocycles. The average molecular weight is 403 g/mol. The van der Waals surface area contributed by atoms with Crippen LogP contribution in [0.4, 0.5) is 0 Å². The molecular formula is C16H26IN3O. The zero-order valence-electron chi connectivity index (χ0n) is 13.1. The molecule has 0 unspecified atom stereocenters. The number of rotatable bonds is 7. The van der Waals surface area contributed by atoms with Crippen LogP contribution in [0.25, 0.3) is 0 Å². The van der Waals surface area contributed by atoms with Gasteiger partial charge in [0.15, 0.2) is 5.96 Å². The molecule has 0 bridgehead atoms. The number of halogens is 1. The molecule has 0 atom stereocenters. The second-order valence-corrected chi connectivity index (χ2v) is 4.60. The summed E-state index contributed by atoms with van der Waals surface area (Å²) in [6, 6.07) is 6.21. The summed E-state index contributed by atoms with van der Waals surface area (Å²) >= 11 is 0. The molecule has 5 heteroatoms. The highest BCUT2D eigenvalue weighted by Gasteiger charge is 1.97. The average Bonchev–Trinajstić information content (AvgIpc) is 2.39. The van der Waals surface area contributed by atoms with Gasteiger partial charge in [0.2, 0.25) is 0 Å². The van der Waals surface area contributed by atoms with Crippen molar-refractivity contribution in [1.82, 2.24) is 10.6 Å². The predicted molar refractivity (Wildman–Crippen MR) is 101 cm³/mol. The van der Waals surface area contributed by atoms with Crippen LogP contribution in [0.2, 0.25) is 0 Å². The Kier molecular flexibility index (Phi) is 10.7. The lowest BCUT2D eigenvalue weighted by Crippen LogP contribution is -2.37. The molecule has 0 saturated heterocycles. The van der Waals surface area contributed by atoms with Gasteiger partial charge in [-0.1, -0.05) is 12.1 Å². The molecule has 0 amide bonds. The Bertz CT molecular complexity index is 441. The van der Waals surface area contributed by atoms with Crippen LogP contribution < -0.4 is 15.4 Å². The SMILES string of the molecule is C=CCNC(=NCCOc1cc(C)cc(C)c1)NCC.I.